The molecular weight excluding hydrogens is 284 g/mol. The number of hydrazone groups is 1. The molecule has 0 aliphatic carbocycles. The molecule has 0 aliphatic rings. The van der Waals surface area contributed by atoms with Gasteiger partial charge in [0.2, 0.25) is 0 Å². The second-order valence-electron chi connectivity index (χ2n) is 4.13. The van der Waals surface area contributed by atoms with Crippen molar-refractivity contribution in [2.75, 3.05) is 13.7 Å². The van der Waals surface area contributed by atoms with Crippen LogP contribution >= 0.6 is 0 Å². The van der Waals surface area contributed by atoms with E-state index in [1.807, 2.05) is 13.0 Å². The summed E-state index contributed by atoms with van der Waals surface area (Å²) in [6.45, 7) is 2.45. The van der Waals surface area contributed by atoms with Crippen LogP contribution in [0.4, 0.5) is 0 Å². The highest BCUT2D eigenvalue weighted by molar-refractivity contribution is 5.92. The highest BCUT2D eigenvalue weighted by Crippen LogP contribution is 2.27. The van der Waals surface area contributed by atoms with Crippen LogP contribution in [0.15, 0.2) is 41.9 Å². The minimum Gasteiger partial charge on any atom is -0.493 e. The van der Waals surface area contributed by atoms with Gasteiger partial charge in [-0.3, -0.25) is 9.78 Å². The summed E-state index contributed by atoms with van der Waals surface area (Å²) in [5, 5.41) is 3.88. The van der Waals surface area contributed by atoms with Crippen molar-refractivity contribution < 1.29 is 14.3 Å². The predicted octanol–water partition coefficient (Wildman–Crippen LogP) is 1.65. The third-order valence-electron chi connectivity index (χ3n) is 2.66. The van der Waals surface area contributed by atoms with Crippen molar-refractivity contribution in [3.63, 3.8) is 0 Å². The lowest BCUT2D eigenvalue weighted by atomic mass is 10.2. The maximum atomic E-state index is 11.7. The summed E-state index contributed by atoms with van der Waals surface area (Å²) < 4.78 is 10.7. The number of nitrogens with one attached hydrogen (secondary N) is 1. The molecule has 0 fully saturated rings. The van der Waals surface area contributed by atoms with Gasteiger partial charge in [-0.2, -0.15) is 5.10 Å². The monoisotopic (exact) mass is 300 g/mol. The van der Waals surface area contributed by atoms with Gasteiger partial charge < -0.3 is 9.47 Å². The number of hydrogen-bond donors (Lipinski definition) is 1. The first-order chi connectivity index (χ1) is 10.7. The van der Waals surface area contributed by atoms with Crippen molar-refractivity contribution in [1.82, 2.24) is 15.4 Å². The first kappa shape index (κ1) is 15.4. The number of benzene rings is 1. The van der Waals surface area contributed by atoms with Crippen LogP contribution in [0.1, 0.15) is 23.0 Å². The lowest BCUT2D eigenvalue weighted by Gasteiger charge is -2.09. The van der Waals surface area contributed by atoms with Crippen molar-refractivity contribution >= 4 is 12.1 Å². The zero-order valence-electron chi connectivity index (χ0n) is 12.3. The van der Waals surface area contributed by atoms with E-state index in [4.69, 9.17) is 9.47 Å². The van der Waals surface area contributed by atoms with Gasteiger partial charge in [0, 0.05) is 12.4 Å². The Bertz CT molecular complexity index is 659. The first-order valence-electron chi connectivity index (χ1n) is 6.65. The summed E-state index contributed by atoms with van der Waals surface area (Å²) in [5.74, 6) is 0.832. The van der Waals surface area contributed by atoms with Crippen LogP contribution in [-0.4, -0.2) is 35.8 Å². The molecule has 0 bridgehead atoms. The van der Waals surface area contributed by atoms with Crippen molar-refractivity contribution in [3.8, 4) is 11.5 Å². The molecule has 1 aromatic carbocycles. The number of nitrogens with zero attached hydrogens (tertiary/aromatic N) is 3. The maximum absolute atomic E-state index is 11.7. The fraction of sp³-hybridized carbons (Fsp3) is 0.200. The van der Waals surface area contributed by atoms with Crippen LogP contribution in [0, 0.1) is 0 Å². The maximum Gasteiger partial charge on any atom is 0.291 e. The lowest BCUT2D eigenvalue weighted by Crippen LogP contribution is -2.19. The Hall–Kier alpha value is -2.96. The summed E-state index contributed by atoms with van der Waals surface area (Å²) in [6.07, 6.45) is 5.81. The normalized spacial score (nSPS) is 10.5. The van der Waals surface area contributed by atoms with Crippen LogP contribution in [0.5, 0.6) is 11.5 Å². The van der Waals surface area contributed by atoms with Gasteiger partial charge in [-0.15, -0.1) is 0 Å². The van der Waals surface area contributed by atoms with Crippen molar-refractivity contribution in [2.24, 2.45) is 5.10 Å². The van der Waals surface area contributed by atoms with E-state index in [1.165, 1.54) is 24.8 Å². The third-order valence-corrected chi connectivity index (χ3v) is 2.66. The first-order valence-corrected chi connectivity index (χ1v) is 6.65. The molecule has 2 rings (SSSR count). The molecule has 0 aliphatic heterocycles. The Morgan fingerprint density at radius 2 is 2.23 bits per heavy atom. The number of amides is 1. The Labute approximate surface area is 128 Å². The minimum absolute atomic E-state index is 0.198. The molecule has 114 valence electrons. The van der Waals surface area contributed by atoms with Gasteiger partial charge in [-0.1, -0.05) is 0 Å². The van der Waals surface area contributed by atoms with E-state index in [2.05, 4.69) is 20.5 Å². The summed E-state index contributed by atoms with van der Waals surface area (Å²) >= 11 is 0. The number of aromatic nitrogens is 2. The number of carbonyl (C=O) groups excluding carboxylic acids is 1. The van der Waals surface area contributed by atoms with Crippen molar-refractivity contribution in [3.05, 3.63) is 48.0 Å². The molecule has 22 heavy (non-hydrogen) atoms. The van der Waals surface area contributed by atoms with Crippen molar-refractivity contribution in [1.29, 1.82) is 0 Å². The second-order valence-corrected chi connectivity index (χ2v) is 4.13. The minimum atomic E-state index is -0.428. The largest absolute Gasteiger partial charge is 0.493 e. The van der Waals surface area contributed by atoms with E-state index < -0.39 is 5.91 Å². The molecule has 2 aromatic rings. The second kappa shape index (κ2) is 7.72. The molecule has 1 N–H and O–H groups in total. The fourth-order valence-corrected chi connectivity index (χ4v) is 1.68. The highest BCUT2D eigenvalue weighted by Gasteiger charge is 2.06. The van der Waals surface area contributed by atoms with Gasteiger partial charge in [-0.05, 0) is 30.7 Å². The Morgan fingerprint density at radius 1 is 1.36 bits per heavy atom. The van der Waals surface area contributed by atoms with Crippen LogP contribution in [0.3, 0.4) is 0 Å². The third kappa shape index (κ3) is 4.02. The topological polar surface area (TPSA) is 85.7 Å². The average Bonchev–Trinajstić information content (AvgIpc) is 2.57. The predicted molar refractivity (Wildman–Crippen MR) is 81.3 cm³/mol. The lowest BCUT2D eigenvalue weighted by molar-refractivity contribution is 0.0949. The number of ether oxygens (including phenoxy) is 2. The summed E-state index contributed by atoms with van der Waals surface area (Å²) in [6, 6.07) is 5.36. The van der Waals surface area contributed by atoms with E-state index in [0.29, 0.717) is 18.1 Å². The number of hydrogen-bond acceptors (Lipinski definition) is 6. The van der Waals surface area contributed by atoms with E-state index in [9.17, 15) is 4.79 Å². The van der Waals surface area contributed by atoms with Crippen LogP contribution in [0.2, 0.25) is 0 Å². The molecule has 0 spiro atoms. The Kier molecular flexibility index (Phi) is 5.42. The van der Waals surface area contributed by atoms with Gasteiger partial charge in [0.05, 0.1) is 26.1 Å². The smallest absolute Gasteiger partial charge is 0.291 e. The summed E-state index contributed by atoms with van der Waals surface area (Å²) in [5.41, 5.74) is 3.34. The Morgan fingerprint density at radius 3 is 2.91 bits per heavy atom. The van der Waals surface area contributed by atoms with E-state index in [-0.39, 0.29) is 5.69 Å². The van der Waals surface area contributed by atoms with Crippen LogP contribution in [0.25, 0.3) is 0 Å². The summed E-state index contributed by atoms with van der Waals surface area (Å²) in [7, 11) is 1.56. The molecule has 7 nitrogen and oxygen atoms in total. The molecule has 1 aromatic heterocycles. The van der Waals surface area contributed by atoms with E-state index in [0.717, 1.165) is 5.56 Å². The zero-order chi connectivity index (χ0) is 15.8. The highest BCUT2D eigenvalue weighted by atomic mass is 16.5. The Balaban J connectivity index is 2.02. The van der Waals surface area contributed by atoms with Gasteiger partial charge in [0.25, 0.3) is 5.91 Å². The molecule has 0 atom stereocenters. The van der Waals surface area contributed by atoms with Gasteiger partial charge in [0.1, 0.15) is 5.69 Å². The van der Waals surface area contributed by atoms with E-state index >= 15 is 0 Å². The number of carbonyl (C=O) groups is 1. The molecule has 1 heterocycles. The molecular formula is C15H16N4O3. The quantitative estimate of drug-likeness (QED) is 0.647. The van der Waals surface area contributed by atoms with E-state index in [1.54, 1.807) is 19.2 Å². The number of rotatable bonds is 6. The molecule has 0 unspecified atom stereocenters. The van der Waals surface area contributed by atoms with Crippen LogP contribution < -0.4 is 14.9 Å². The average molecular weight is 300 g/mol. The summed E-state index contributed by atoms with van der Waals surface area (Å²) in [4.78, 5) is 19.4. The molecule has 0 saturated heterocycles. The molecule has 0 saturated carbocycles. The molecule has 1 amide bonds. The number of methoxy groups -OCH3 is 1. The zero-order valence-corrected chi connectivity index (χ0v) is 12.3. The van der Waals surface area contributed by atoms with Crippen LogP contribution in [-0.2, 0) is 0 Å². The van der Waals surface area contributed by atoms with Gasteiger partial charge >= 0.3 is 0 Å². The standard InChI is InChI=1S/C15H16N4O3/c1-3-22-13-5-4-11(8-14(13)21-2)9-18-19-15(20)12-10-16-6-7-17-12/h4-10H,3H2,1-2H3,(H,19,20)/b18-9-. The van der Waals surface area contributed by atoms with Crippen molar-refractivity contribution in [2.45, 2.75) is 6.92 Å². The van der Waals surface area contributed by atoms with Gasteiger partial charge in [-0.25, -0.2) is 10.4 Å². The molecule has 7 heteroatoms. The fourth-order valence-electron chi connectivity index (χ4n) is 1.68. The van der Waals surface area contributed by atoms with Gasteiger partial charge in [0.15, 0.2) is 11.5 Å². The molecule has 0 radical (unpaired) electrons. The SMILES string of the molecule is CCOc1ccc(/C=N\NC(=O)c2cnccn2)cc1OC.